The normalized spacial score (nSPS) is 10.2. The summed E-state index contributed by atoms with van der Waals surface area (Å²) in [5, 5.41) is 8.99. The van der Waals surface area contributed by atoms with Crippen molar-refractivity contribution in [2.75, 3.05) is 24.6 Å². The first kappa shape index (κ1) is 13.2. The third-order valence-electron chi connectivity index (χ3n) is 2.34. The van der Waals surface area contributed by atoms with E-state index < -0.39 is 0 Å². The molecule has 16 heavy (non-hydrogen) atoms. The molecule has 1 aromatic carbocycles. The zero-order valence-corrected chi connectivity index (χ0v) is 10.9. The van der Waals surface area contributed by atoms with Crippen LogP contribution >= 0.6 is 15.9 Å². The Kier molecular flexibility index (Phi) is 5.49. The summed E-state index contributed by atoms with van der Waals surface area (Å²) in [5.74, 6) is 0. The number of aliphatic hydroxyl groups excluding tert-OH is 1. The van der Waals surface area contributed by atoms with Gasteiger partial charge >= 0.3 is 0 Å². The predicted octanol–water partition coefficient (Wildman–Crippen LogP) is 2.47. The molecule has 88 valence electrons. The number of aliphatic hydroxyl groups is 1. The Morgan fingerprint density at radius 2 is 2.19 bits per heavy atom. The Morgan fingerprint density at radius 1 is 1.44 bits per heavy atom. The molecular weight excluding hydrogens is 270 g/mol. The highest BCUT2D eigenvalue weighted by Crippen LogP contribution is 2.23. The number of anilines is 1. The van der Waals surface area contributed by atoms with Crippen LogP contribution in [0.5, 0.6) is 0 Å². The van der Waals surface area contributed by atoms with E-state index in [1.807, 2.05) is 12.1 Å². The van der Waals surface area contributed by atoms with E-state index in [1.54, 1.807) is 6.07 Å². The van der Waals surface area contributed by atoms with Crippen molar-refractivity contribution in [3.05, 3.63) is 28.2 Å². The molecule has 3 nitrogen and oxygen atoms in total. The number of carbonyl (C=O) groups is 1. The van der Waals surface area contributed by atoms with Crippen LogP contribution in [-0.2, 0) is 0 Å². The molecule has 0 radical (unpaired) electrons. The summed E-state index contributed by atoms with van der Waals surface area (Å²) >= 11 is 3.36. The number of carbonyl (C=O) groups excluding carboxylic acids is 1. The van der Waals surface area contributed by atoms with Crippen LogP contribution in [0.4, 0.5) is 5.69 Å². The van der Waals surface area contributed by atoms with E-state index in [4.69, 9.17) is 5.11 Å². The van der Waals surface area contributed by atoms with E-state index in [0.29, 0.717) is 12.1 Å². The second-order valence-corrected chi connectivity index (χ2v) is 4.39. The lowest BCUT2D eigenvalue weighted by Crippen LogP contribution is -2.27. The van der Waals surface area contributed by atoms with Gasteiger partial charge < -0.3 is 10.0 Å². The number of hydrogen-bond donors (Lipinski definition) is 1. The van der Waals surface area contributed by atoms with Crippen molar-refractivity contribution in [3.8, 4) is 0 Å². The third-order valence-corrected chi connectivity index (χ3v) is 3.03. The molecule has 0 unspecified atom stereocenters. The van der Waals surface area contributed by atoms with Gasteiger partial charge in [0.2, 0.25) is 0 Å². The summed E-state index contributed by atoms with van der Waals surface area (Å²) in [6.07, 6.45) is 1.84. The maximum atomic E-state index is 10.7. The zero-order chi connectivity index (χ0) is 12.0. The zero-order valence-electron chi connectivity index (χ0n) is 9.32. The van der Waals surface area contributed by atoms with E-state index in [-0.39, 0.29) is 6.61 Å². The highest BCUT2D eigenvalue weighted by atomic mass is 79.9. The molecule has 0 bridgehead atoms. The molecule has 0 aromatic heterocycles. The molecule has 1 aromatic rings. The first-order valence-electron chi connectivity index (χ1n) is 5.33. The summed E-state index contributed by atoms with van der Waals surface area (Å²) in [7, 11) is 0. The molecule has 1 rings (SSSR count). The van der Waals surface area contributed by atoms with Gasteiger partial charge in [-0.05, 0) is 40.5 Å². The summed E-state index contributed by atoms with van der Waals surface area (Å²) < 4.78 is 0.791. The van der Waals surface area contributed by atoms with Crippen LogP contribution in [0, 0.1) is 0 Å². The van der Waals surface area contributed by atoms with Crippen LogP contribution in [0.25, 0.3) is 0 Å². The van der Waals surface area contributed by atoms with Crippen LogP contribution in [0.3, 0.4) is 0 Å². The maximum absolute atomic E-state index is 10.7. The minimum absolute atomic E-state index is 0.132. The summed E-state index contributed by atoms with van der Waals surface area (Å²) in [6, 6.07) is 5.60. The average molecular weight is 286 g/mol. The van der Waals surface area contributed by atoms with E-state index >= 15 is 0 Å². The first-order valence-corrected chi connectivity index (χ1v) is 6.12. The van der Waals surface area contributed by atoms with Gasteiger partial charge in [-0.1, -0.05) is 6.92 Å². The molecule has 1 N–H and O–H groups in total. The molecule has 0 aliphatic heterocycles. The highest BCUT2D eigenvalue weighted by molar-refractivity contribution is 9.10. The molecule has 0 atom stereocenters. The lowest BCUT2D eigenvalue weighted by atomic mass is 10.2. The van der Waals surface area contributed by atoms with Gasteiger partial charge in [0.05, 0.1) is 6.61 Å². The van der Waals surface area contributed by atoms with Gasteiger partial charge in [0.25, 0.3) is 0 Å². The van der Waals surface area contributed by atoms with Gasteiger partial charge in [-0.2, -0.15) is 0 Å². The standard InChI is InChI=1S/C12H16BrNO2/c1-2-5-14(6-7-15)11-4-3-10(9-16)12(13)8-11/h3-4,8-9,15H,2,5-7H2,1H3. The van der Waals surface area contributed by atoms with Crippen LogP contribution in [0.1, 0.15) is 23.7 Å². The van der Waals surface area contributed by atoms with Crippen molar-refractivity contribution < 1.29 is 9.90 Å². The maximum Gasteiger partial charge on any atom is 0.151 e. The van der Waals surface area contributed by atoms with Crippen LogP contribution in [0.15, 0.2) is 22.7 Å². The molecular formula is C12H16BrNO2. The van der Waals surface area contributed by atoms with Gasteiger partial charge in [-0.25, -0.2) is 0 Å². The average Bonchev–Trinajstić information content (AvgIpc) is 2.28. The molecule has 0 heterocycles. The molecule has 0 spiro atoms. The topological polar surface area (TPSA) is 40.5 Å². The second kappa shape index (κ2) is 6.66. The van der Waals surface area contributed by atoms with Crippen molar-refractivity contribution >= 4 is 27.9 Å². The number of aldehydes is 1. The third kappa shape index (κ3) is 3.32. The van der Waals surface area contributed by atoms with Crippen LogP contribution < -0.4 is 4.90 Å². The number of rotatable bonds is 6. The number of benzene rings is 1. The lowest BCUT2D eigenvalue weighted by Gasteiger charge is -2.23. The molecule has 0 saturated heterocycles. The monoisotopic (exact) mass is 285 g/mol. The summed E-state index contributed by atoms with van der Waals surface area (Å²) in [5.41, 5.74) is 1.66. The Balaban J connectivity index is 2.91. The molecule has 0 aliphatic rings. The fraction of sp³-hybridized carbons (Fsp3) is 0.417. The molecule has 0 amide bonds. The van der Waals surface area contributed by atoms with Gasteiger partial charge in [-0.3, -0.25) is 4.79 Å². The minimum atomic E-state index is 0.132. The fourth-order valence-electron chi connectivity index (χ4n) is 1.57. The van der Waals surface area contributed by atoms with Crippen LogP contribution in [0.2, 0.25) is 0 Å². The minimum Gasteiger partial charge on any atom is -0.395 e. The van der Waals surface area contributed by atoms with Crippen molar-refractivity contribution in [1.29, 1.82) is 0 Å². The Morgan fingerprint density at radius 3 is 2.69 bits per heavy atom. The Labute approximate surface area is 104 Å². The second-order valence-electron chi connectivity index (χ2n) is 3.53. The quantitative estimate of drug-likeness (QED) is 0.817. The lowest BCUT2D eigenvalue weighted by molar-refractivity contribution is 0.112. The number of halogens is 1. The number of hydrogen-bond acceptors (Lipinski definition) is 3. The van der Waals surface area contributed by atoms with Crippen molar-refractivity contribution in [3.63, 3.8) is 0 Å². The van der Waals surface area contributed by atoms with Gasteiger partial charge in [0.1, 0.15) is 0 Å². The molecule has 4 heteroatoms. The van der Waals surface area contributed by atoms with E-state index in [2.05, 4.69) is 27.8 Å². The predicted molar refractivity (Wildman–Crippen MR) is 69.1 cm³/mol. The fourth-order valence-corrected chi connectivity index (χ4v) is 2.03. The summed E-state index contributed by atoms with van der Waals surface area (Å²) in [6.45, 7) is 3.74. The van der Waals surface area contributed by atoms with E-state index in [1.165, 1.54) is 0 Å². The van der Waals surface area contributed by atoms with Crippen molar-refractivity contribution in [1.82, 2.24) is 0 Å². The first-order chi connectivity index (χ1) is 7.72. The largest absolute Gasteiger partial charge is 0.395 e. The van der Waals surface area contributed by atoms with Crippen molar-refractivity contribution in [2.24, 2.45) is 0 Å². The van der Waals surface area contributed by atoms with Gasteiger partial charge in [0.15, 0.2) is 6.29 Å². The van der Waals surface area contributed by atoms with E-state index in [9.17, 15) is 4.79 Å². The Bertz CT molecular complexity index is 349. The molecule has 0 fully saturated rings. The SMILES string of the molecule is CCCN(CCO)c1ccc(C=O)c(Br)c1. The number of nitrogens with zero attached hydrogens (tertiary/aromatic N) is 1. The molecule has 0 saturated carbocycles. The van der Waals surface area contributed by atoms with Gasteiger partial charge in [-0.15, -0.1) is 0 Å². The van der Waals surface area contributed by atoms with Crippen molar-refractivity contribution in [2.45, 2.75) is 13.3 Å². The van der Waals surface area contributed by atoms with Gasteiger partial charge in [0, 0.05) is 28.8 Å². The van der Waals surface area contributed by atoms with Crippen LogP contribution in [-0.4, -0.2) is 31.1 Å². The Hall–Kier alpha value is -0.870. The molecule has 0 aliphatic carbocycles. The highest BCUT2D eigenvalue weighted by Gasteiger charge is 2.07. The smallest absolute Gasteiger partial charge is 0.151 e. The summed E-state index contributed by atoms with van der Waals surface area (Å²) in [4.78, 5) is 12.8. The van der Waals surface area contributed by atoms with E-state index in [0.717, 1.165) is 29.4 Å².